The molecule has 9 heteroatoms. The lowest BCUT2D eigenvalue weighted by Gasteiger charge is -2.05. The number of carbonyl (C=O) groups is 1. The predicted molar refractivity (Wildman–Crippen MR) is 117 cm³/mol. The maximum Gasteiger partial charge on any atom is 0.342 e. The van der Waals surface area contributed by atoms with Gasteiger partial charge in [-0.3, -0.25) is 9.20 Å². The first-order chi connectivity index (χ1) is 15.6. The Balaban J connectivity index is 1.47. The molecule has 0 fully saturated rings. The van der Waals surface area contributed by atoms with Crippen molar-refractivity contribution in [3.63, 3.8) is 0 Å². The minimum Gasteiger partial charge on any atom is -0.455 e. The molecule has 0 aliphatic heterocycles. The third kappa shape index (κ3) is 3.81. The third-order valence-electron chi connectivity index (χ3n) is 4.78. The van der Waals surface area contributed by atoms with Crippen LogP contribution >= 0.6 is 11.3 Å². The molecular weight excluding hydrogens is 431 g/mol. The zero-order valence-electron chi connectivity index (χ0n) is 16.5. The zero-order chi connectivity index (χ0) is 22.1. The Morgan fingerprint density at radius 1 is 1.09 bits per heavy atom. The van der Waals surface area contributed by atoms with E-state index in [2.05, 4.69) is 10.1 Å². The molecule has 0 bridgehead atoms. The molecule has 0 N–H and O–H groups in total. The second kappa shape index (κ2) is 8.20. The summed E-state index contributed by atoms with van der Waals surface area (Å²) in [7, 11) is 0. The van der Waals surface area contributed by atoms with Gasteiger partial charge in [0.2, 0.25) is 0 Å². The van der Waals surface area contributed by atoms with E-state index in [4.69, 9.17) is 4.74 Å². The van der Waals surface area contributed by atoms with Gasteiger partial charge in [0.25, 0.3) is 5.56 Å². The summed E-state index contributed by atoms with van der Waals surface area (Å²) in [5.74, 6) is -1.01. The van der Waals surface area contributed by atoms with Gasteiger partial charge in [-0.1, -0.05) is 18.2 Å². The number of benzene rings is 2. The highest BCUT2D eigenvalue weighted by Gasteiger charge is 2.20. The number of fused-ring (bicyclic) bond motifs is 1. The number of halogens is 1. The number of esters is 1. The second-order valence-corrected chi connectivity index (χ2v) is 7.77. The highest BCUT2D eigenvalue weighted by molar-refractivity contribution is 7.15. The monoisotopic (exact) mass is 446 g/mol. The average molecular weight is 446 g/mol. The molecule has 3 heterocycles. The number of aromatic nitrogens is 4. The molecule has 0 atom stereocenters. The Hall–Kier alpha value is -4.11. The summed E-state index contributed by atoms with van der Waals surface area (Å²) in [5.41, 5.74) is 2.02. The molecular formula is C23H15FN4O3S. The minimum absolute atomic E-state index is 0.165. The highest BCUT2D eigenvalue weighted by atomic mass is 32.1. The minimum atomic E-state index is -0.625. The lowest BCUT2D eigenvalue weighted by Crippen LogP contribution is -2.14. The van der Waals surface area contributed by atoms with Crippen LogP contribution in [0.15, 0.2) is 83.2 Å². The van der Waals surface area contributed by atoms with Gasteiger partial charge in [0.1, 0.15) is 23.7 Å². The van der Waals surface area contributed by atoms with Crippen molar-refractivity contribution in [2.24, 2.45) is 0 Å². The van der Waals surface area contributed by atoms with Crippen molar-refractivity contribution < 1.29 is 13.9 Å². The van der Waals surface area contributed by atoms with Gasteiger partial charge >= 0.3 is 5.97 Å². The first kappa shape index (κ1) is 19.8. The normalized spacial score (nSPS) is 11.0. The standard InChI is InChI=1S/C23H15FN4O3S/c24-16-8-6-15(7-9-16)21-19(13-28(26-21)18-4-2-1-3-5-18)22(30)31-14-17-12-20(29)27-10-11-32-23(27)25-17/h1-13H,14H2. The van der Waals surface area contributed by atoms with Crippen molar-refractivity contribution in [2.45, 2.75) is 6.61 Å². The Kier molecular flexibility index (Phi) is 5.08. The van der Waals surface area contributed by atoms with E-state index in [1.54, 1.807) is 34.6 Å². The highest BCUT2D eigenvalue weighted by Crippen LogP contribution is 2.25. The lowest BCUT2D eigenvalue weighted by molar-refractivity contribution is 0.0468. The van der Waals surface area contributed by atoms with E-state index in [-0.39, 0.29) is 23.5 Å². The largest absolute Gasteiger partial charge is 0.455 e. The molecule has 0 spiro atoms. The van der Waals surface area contributed by atoms with Gasteiger partial charge in [-0.15, -0.1) is 11.3 Å². The van der Waals surface area contributed by atoms with E-state index in [1.165, 1.54) is 33.9 Å². The smallest absolute Gasteiger partial charge is 0.342 e. The Bertz CT molecular complexity index is 1470. The van der Waals surface area contributed by atoms with E-state index in [0.717, 1.165) is 5.69 Å². The van der Waals surface area contributed by atoms with Crippen LogP contribution in [0.4, 0.5) is 4.39 Å². The van der Waals surface area contributed by atoms with E-state index in [0.29, 0.717) is 21.9 Å². The molecule has 32 heavy (non-hydrogen) atoms. The summed E-state index contributed by atoms with van der Waals surface area (Å²) in [6.07, 6.45) is 3.21. The van der Waals surface area contributed by atoms with Crippen LogP contribution in [0.2, 0.25) is 0 Å². The van der Waals surface area contributed by atoms with E-state index >= 15 is 0 Å². The second-order valence-electron chi connectivity index (χ2n) is 6.90. The molecule has 5 rings (SSSR count). The van der Waals surface area contributed by atoms with Gasteiger partial charge in [-0.05, 0) is 36.4 Å². The van der Waals surface area contributed by atoms with Crippen molar-refractivity contribution in [3.05, 3.63) is 106 Å². The molecule has 0 saturated carbocycles. The summed E-state index contributed by atoms with van der Waals surface area (Å²) in [4.78, 5) is 30.0. The van der Waals surface area contributed by atoms with E-state index in [1.807, 2.05) is 30.3 Å². The van der Waals surface area contributed by atoms with Crippen LogP contribution < -0.4 is 5.56 Å². The van der Waals surface area contributed by atoms with Gasteiger partial charge in [-0.25, -0.2) is 18.9 Å². The Morgan fingerprint density at radius 3 is 2.66 bits per heavy atom. The van der Waals surface area contributed by atoms with Crippen LogP contribution in [0, 0.1) is 5.82 Å². The fourth-order valence-corrected chi connectivity index (χ4v) is 3.97. The Morgan fingerprint density at radius 2 is 1.88 bits per heavy atom. The predicted octanol–water partition coefficient (Wildman–Crippen LogP) is 4.10. The molecule has 158 valence electrons. The summed E-state index contributed by atoms with van der Waals surface area (Å²) in [5, 5.41) is 6.29. The van der Waals surface area contributed by atoms with Crippen molar-refractivity contribution in [3.8, 4) is 16.9 Å². The molecule has 0 aliphatic carbocycles. The summed E-state index contributed by atoms with van der Waals surface area (Å²) in [6.45, 7) is -0.165. The molecule has 5 aromatic rings. The quantitative estimate of drug-likeness (QED) is 0.380. The number of carbonyl (C=O) groups excluding carboxylic acids is 1. The summed E-state index contributed by atoms with van der Waals surface area (Å²) in [6, 6.07) is 16.3. The number of nitrogens with zero attached hydrogens (tertiary/aromatic N) is 4. The first-order valence-corrected chi connectivity index (χ1v) is 10.5. The van der Waals surface area contributed by atoms with Crippen LogP contribution in [0.25, 0.3) is 21.9 Å². The molecule has 0 unspecified atom stereocenters. The lowest BCUT2D eigenvalue weighted by atomic mass is 10.1. The van der Waals surface area contributed by atoms with E-state index < -0.39 is 5.97 Å². The van der Waals surface area contributed by atoms with Gasteiger partial charge < -0.3 is 4.74 Å². The van der Waals surface area contributed by atoms with Gasteiger partial charge in [0, 0.05) is 29.4 Å². The topological polar surface area (TPSA) is 78.5 Å². The molecule has 7 nitrogen and oxygen atoms in total. The van der Waals surface area contributed by atoms with E-state index in [9.17, 15) is 14.0 Å². The molecule has 0 amide bonds. The number of rotatable bonds is 5. The van der Waals surface area contributed by atoms with Gasteiger partial charge in [-0.2, -0.15) is 5.10 Å². The Labute approximate surface area is 185 Å². The van der Waals surface area contributed by atoms with Crippen molar-refractivity contribution in [1.82, 2.24) is 19.2 Å². The van der Waals surface area contributed by atoms with Crippen molar-refractivity contribution >= 4 is 22.3 Å². The molecule has 3 aromatic heterocycles. The maximum atomic E-state index is 13.4. The number of hydrogen-bond acceptors (Lipinski definition) is 6. The number of para-hydroxylation sites is 1. The van der Waals surface area contributed by atoms with Crippen molar-refractivity contribution in [1.29, 1.82) is 0 Å². The van der Waals surface area contributed by atoms with Gasteiger partial charge in [0.05, 0.1) is 11.4 Å². The molecule has 0 aliphatic rings. The van der Waals surface area contributed by atoms with Crippen LogP contribution in [0.1, 0.15) is 16.1 Å². The number of ether oxygens (including phenoxy) is 1. The number of hydrogen-bond donors (Lipinski definition) is 0. The van der Waals surface area contributed by atoms with Crippen LogP contribution in [-0.4, -0.2) is 25.1 Å². The van der Waals surface area contributed by atoms with Crippen LogP contribution in [0.3, 0.4) is 0 Å². The van der Waals surface area contributed by atoms with Crippen LogP contribution in [0.5, 0.6) is 0 Å². The zero-order valence-corrected chi connectivity index (χ0v) is 17.3. The first-order valence-electron chi connectivity index (χ1n) is 9.62. The maximum absolute atomic E-state index is 13.4. The fraction of sp³-hybridized carbons (Fsp3) is 0.0435. The molecule has 2 aromatic carbocycles. The molecule has 0 saturated heterocycles. The SMILES string of the molecule is O=C(OCc1cc(=O)n2ccsc2n1)c1cn(-c2ccccc2)nc1-c1ccc(F)cc1. The average Bonchev–Trinajstić information content (AvgIpc) is 3.46. The summed E-state index contributed by atoms with van der Waals surface area (Å²) < 4.78 is 21.9. The fourth-order valence-electron chi connectivity index (χ4n) is 3.24. The summed E-state index contributed by atoms with van der Waals surface area (Å²) >= 11 is 1.32. The van der Waals surface area contributed by atoms with Gasteiger partial charge in [0.15, 0.2) is 4.96 Å². The van der Waals surface area contributed by atoms with Crippen molar-refractivity contribution in [2.75, 3.05) is 0 Å². The number of thiazole rings is 1. The van der Waals surface area contributed by atoms with Crippen LogP contribution in [-0.2, 0) is 11.3 Å². The molecule has 0 radical (unpaired) electrons. The third-order valence-corrected chi connectivity index (χ3v) is 5.54.